The molecule has 0 radical (unpaired) electrons. The summed E-state index contributed by atoms with van der Waals surface area (Å²) in [7, 11) is 0. The van der Waals surface area contributed by atoms with Crippen LogP contribution in [0.15, 0.2) is 36.7 Å². The molecule has 1 aromatic carbocycles. The van der Waals surface area contributed by atoms with Gasteiger partial charge in [-0.25, -0.2) is 4.98 Å². The Morgan fingerprint density at radius 1 is 1.17 bits per heavy atom. The van der Waals surface area contributed by atoms with E-state index < -0.39 is 0 Å². The summed E-state index contributed by atoms with van der Waals surface area (Å²) >= 11 is 6.11. The number of nitrogens with zero attached hydrogens (tertiary/aromatic N) is 5. The van der Waals surface area contributed by atoms with Crippen LogP contribution in [-0.2, 0) is 0 Å². The molecule has 29 heavy (non-hydrogen) atoms. The average Bonchev–Trinajstić information content (AvgIpc) is 3.26. The van der Waals surface area contributed by atoms with Gasteiger partial charge >= 0.3 is 0 Å². The second kappa shape index (κ2) is 7.04. The molecule has 0 unspecified atom stereocenters. The van der Waals surface area contributed by atoms with Crippen LogP contribution < -0.4 is 10.6 Å². The molecule has 4 aromatic rings. The number of H-pyrrole nitrogens is 1. The molecule has 1 aliphatic rings. The van der Waals surface area contributed by atoms with E-state index in [1.54, 1.807) is 6.33 Å². The number of imidazole rings is 1. The highest BCUT2D eigenvalue weighted by molar-refractivity contribution is 6.30. The zero-order valence-electron chi connectivity index (χ0n) is 16.1. The van der Waals surface area contributed by atoms with Gasteiger partial charge < -0.3 is 15.2 Å². The lowest BCUT2D eigenvalue weighted by atomic mass is 10.3. The van der Waals surface area contributed by atoms with Crippen molar-refractivity contribution in [1.82, 2.24) is 29.7 Å². The number of benzene rings is 1. The highest BCUT2D eigenvalue weighted by Crippen LogP contribution is 2.39. The zero-order valence-corrected chi connectivity index (χ0v) is 16.9. The molecule has 1 aliphatic carbocycles. The maximum absolute atomic E-state index is 6.11. The molecule has 0 saturated heterocycles. The molecule has 3 heterocycles. The summed E-state index contributed by atoms with van der Waals surface area (Å²) < 4.78 is 2.02. The van der Waals surface area contributed by atoms with Crippen LogP contribution in [0.3, 0.4) is 0 Å². The van der Waals surface area contributed by atoms with Crippen molar-refractivity contribution in [2.75, 3.05) is 10.6 Å². The Morgan fingerprint density at radius 2 is 2.03 bits per heavy atom. The summed E-state index contributed by atoms with van der Waals surface area (Å²) in [6.07, 6.45) is 4.22. The normalized spacial score (nSPS) is 13.9. The van der Waals surface area contributed by atoms with Crippen LogP contribution in [0.4, 0.5) is 23.3 Å². The zero-order chi connectivity index (χ0) is 20.0. The van der Waals surface area contributed by atoms with Crippen LogP contribution in [0.2, 0.25) is 5.02 Å². The molecule has 0 amide bonds. The number of rotatable bonds is 6. The van der Waals surface area contributed by atoms with Gasteiger partial charge in [0, 0.05) is 34.4 Å². The Morgan fingerprint density at radius 3 is 2.79 bits per heavy atom. The third-order valence-electron chi connectivity index (χ3n) is 4.92. The molecule has 5 rings (SSSR count). The number of aromatic amines is 1. The van der Waals surface area contributed by atoms with Gasteiger partial charge in [-0.05, 0) is 44.9 Å². The number of nitrogens with one attached hydrogen (secondary N) is 3. The van der Waals surface area contributed by atoms with Crippen molar-refractivity contribution < 1.29 is 0 Å². The highest BCUT2D eigenvalue weighted by Gasteiger charge is 2.26. The number of aromatic nitrogens is 6. The first kappa shape index (κ1) is 17.9. The fourth-order valence-corrected chi connectivity index (χ4v) is 3.45. The minimum Gasteiger partial charge on any atom is -0.324 e. The predicted molar refractivity (Wildman–Crippen MR) is 114 cm³/mol. The summed E-state index contributed by atoms with van der Waals surface area (Å²) in [4.78, 5) is 13.9. The molecule has 148 valence electrons. The lowest BCUT2D eigenvalue weighted by molar-refractivity contribution is 0.613. The van der Waals surface area contributed by atoms with Gasteiger partial charge in [-0.3, -0.25) is 5.10 Å². The molecule has 0 bridgehead atoms. The van der Waals surface area contributed by atoms with Crippen LogP contribution in [0.5, 0.6) is 0 Å². The largest absolute Gasteiger partial charge is 0.324 e. The third-order valence-corrected chi connectivity index (χ3v) is 5.15. The molecule has 0 atom stereocenters. The van der Waals surface area contributed by atoms with Crippen LogP contribution >= 0.6 is 11.6 Å². The number of hydrogen-bond acceptors (Lipinski definition) is 6. The Kier molecular flexibility index (Phi) is 4.35. The van der Waals surface area contributed by atoms with E-state index >= 15 is 0 Å². The minimum absolute atomic E-state index is 0.216. The van der Waals surface area contributed by atoms with Crippen molar-refractivity contribution in [3.8, 4) is 0 Å². The van der Waals surface area contributed by atoms with Gasteiger partial charge in [-0.1, -0.05) is 17.7 Å². The van der Waals surface area contributed by atoms with E-state index in [1.165, 1.54) is 12.8 Å². The molecule has 1 fully saturated rings. The topological polar surface area (TPSA) is 96.3 Å². The fourth-order valence-electron chi connectivity index (χ4n) is 3.26. The van der Waals surface area contributed by atoms with E-state index in [4.69, 9.17) is 16.6 Å². The predicted octanol–water partition coefficient (Wildman–Crippen LogP) is 5.15. The van der Waals surface area contributed by atoms with Crippen LogP contribution in [0.1, 0.15) is 44.3 Å². The van der Waals surface area contributed by atoms with Gasteiger partial charge in [0.2, 0.25) is 5.95 Å². The molecular weight excluding hydrogens is 388 g/mol. The molecular formula is C20H21ClN8. The third kappa shape index (κ3) is 3.63. The maximum atomic E-state index is 6.11. The van der Waals surface area contributed by atoms with E-state index in [-0.39, 0.29) is 6.04 Å². The van der Waals surface area contributed by atoms with Crippen molar-refractivity contribution in [1.29, 1.82) is 0 Å². The van der Waals surface area contributed by atoms with E-state index in [1.807, 2.05) is 34.9 Å². The van der Waals surface area contributed by atoms with Crippen molar-refractivity contribution in [2.45, 2.75) is 38.6 Å². The Hall–Kier alpha value is -3.13. The van der Waals surface area contributed by atoms with Gasteiger partial charge in [-0.2, -0.15) is 15.1 Å². The van der Waals surface area contributed by atoms with Gasteiger partial charge in [0.25, 0.3) is 0 Å². The minimum atomic E-state index is 0.216. The number of anilines is 4. The number of halogens is 1. The number of fused-ring (bicyclic) bond motifs is 1. The van der Waals surface area contributed by atoms with Crippen molar-refractivity contribution in [3.05, 3.63) is 47.4 Å². The van der Waals surface area contributed by atoms with Crippen molar-refractivity contribution in [2.24, 2.45) is 0 Å². The molecule has 3 N–H and O–H groups in total. The van der Waals surface area contributed by atoms with E-state index in [9.17, 15) is 0 Å². The Labute approximate surface area is 172 Å². The Bertz CT molecular complexity index is 1170. The maximum Gasteiger partial charge on any atom is 0.231 e. The van der Waals surface area contributed by atoms with Gasteiger partial charge in [0.05, 0.1) is 6.33 Å². The molecule has 1 saturated carbocycles. The van der Waals surface area contributed by atoms with E-state index in [0.717, 1.165) is 22.8 Å². The fraction of sp³-hybridized carbons (Fsp3) is 0.300. The summed E-state index contributed by atoms with van der Waals surface area (Å²) in [5.41, 5.74) is 3.42. The standard InChI is InChI=1S/C20H21ClN8/c1-11(2)29-10-22-17-18(24-16-9-15(27-28-16)12-6-7-12)25-20(26-19(17)29)23-14-5-3-4-13(21)8-14/h3-5,8-12H,6-7H2,1-2H3,(H3,23,24,25,26,27,28). The molecule has 8 nitrogen and oxygen atoms in total. The van der Waals surface area contributed by atoms with Crippen molar-refractivity contribution in [3.63, 3.8) is 0 Å². The van der Waals surface area contributed by atoms with Gasteiger partial charge in [0.1, 0.15) is 0 Å². The first-order valence-corrected chi connectivity index (χ1v) is 10.0. The SMILES string of the molecule is CC(C)n1cnc2c(Nc3cc(C4CC4)[nH]n3)nc(Nc3cccc(Cl)c3)nc21. The number of hydrogen-bond donors (Lipinski definition) is 3. The lowest BCUT2D eigenvalue weighted by Gasteiger charge is -2.11. The molecule has 3 aromatic heterocycles. The van der Waals surface area contributed by atoms with Crippen LogP contribution in [0.25, 0.3) is 11.2 Å². The van der Waals surface area contributed by atoms with Crippen LogP contribution in [0, 0.1) is 0 Å². The first-order valence-electron chi connectivity index (χ1n) is 9.66. The van der Waals surface area contributed by atoms with E-state index in [2.05, 4.69) is 44.6 Å². The summed E-state index contributed by atoms with van der Waals surface area (Å²) in [5.74, 6) is 2.39. The molecule has 0 spiro atoms. The van der Waals surface area contributed by atoms with Crippen molar-refractivity contribution >= 4 is 46.0 Å². The highest BCUT2D eigenvalue weighted by atomic mass is 35.5. The van der Waals surface area contributed by atoms with Crippen LogP contribution in [-0.4, -0.2) is 29.7 Å². The smallest absolute Gasteiger partial charge is 0.231 e. The first-order chi connectivity index (χ1) is 14.1. The molecule has 0 aliphatic heterocycles. The summed E-state index contributed by atoms with van der Waals surface area (Å²) in [5, 5.41) is 14.7. The van der Waals surface area contributed by atoms with Gasteiger partial charge in [-0.15, -0.1) is 0 Å². The summed E-state index contributed by atoms with van der Waals surface area (Å²) in [6.45, 7) is 4.19. The molecule has 9 heteroatoms. The lowest BCUT2D eigenvalue weighted by Crippen LogP contribution is -2.05. The van der Waals surface area contributed by atoms with Gasteiger partial charge in [0.15, 0.2) is 22.8 Å². The Balaban J connectivity index is 1.54. The summed E-state index contributed by atoms with van der Waals surface area (Å²) in [6, 6.07) is 9.71. The second-order valence-electron chi connectivity index (χ2n) is 7.56. The quantitative estimate of drug-likeness (QED) is 0.408. The second-order valence-corrected chi connectivity index (χ2v) is 7.99. The average molecular weight is 409 g/mol. The monoisotopic (exact) mass is 408 g/mol. The van der Waals surface area contributed by atoms with E-state index in [0.29, 0.717) is 28.2 Å².